The third-order valence-corrected chi connectivity index (χ3v) is 3.39. The number of nitrogens with zero attached hydrogens (tertiary/aromatic N) is 1. The Morgan fingerprint density at radius 3 is 2.50 bits per heavy atom. The van der Waals surface area contributed by atoms with E-state index in [9.17, 15) is 9.18 Å². The van der Waals surface area contributed by atoms with Gasteiger partial charge in [0, 0.05) is 5.41 Å². The summed E-state index contributed by atoms with van der Waals surface area (Å²) < 4.78 is 15.0. The van der Waals surface area contributed by atoms with Gasteiger partial charge >= 0.3 is 0 Å². The monoisotopic (exact) mass is 312 g/mol. The van der Waals surface area contributed by atoms with Crippen LogP contribution in [-0.2, 0) is 5.41 Å². The number of nitrogens with one attached hydrogen (secondary N) is 1. The second-order valence-corrected chi connectivity index (χ2v) is 5.96. The highest BCUT2D eigenvalue weighted by atomic mass is 79.9. The molecule has 0 spiro atoms. The third-order valence-electron chi connectivity index (χ3n) is 2.65. The zero-order valence-corrected chi connectivity index (χ0v) is 12.0. The molecule has 1 aromatic carbocycles. The first kappa shape index (κ1) is 13.1. The first-order chi connectivity index (χ1) is 8.30. The summed E-state index contributed by atoms with van der Waals surface area (Å²) in [5.41, 5.74) is 0.856. The second-order valence-electron chi connectivity index (χ2n) is 5.17. The highest BCUT2D eigenvalue weighted by molar-refractivity contribution is 9.10. The normalized spacial score (nSPS) is 11.8. The smallest absolute Gasteiger partial charge is 0.285 e. The molecule has 0 aliphatic carbocycles. The van der Waals surface area contributed by atoms with Crippen molar-refractivity contribution in [2.75, 3.05) is 0 Å². The van der Waals surface area contributed by atoms with Crippen LogP contribution in [0.1, 0.15) is 26.5 Å². The Labute approximate surface area is 113 Å². The average Bonchev–Trinajstić information content (AvgIpc) is 2.55. The summed E-state index contributed by atoms with van der Waals surface area (Å²) in [5.74, 6) is -0.373. The van der Waals surface area contributed by atoms with Crippen LogP contribution >= 0.6 is 15.9 Å². The summed E-state index contributed by atoms with van der Waals surface area (Å²) in [6.45, 7) is 6.00. The van der Waals surface area contributed by atoms with Crippen molar-refractivity contribution in [1.29, 1.82) is 0 Å². The summed E-state index contributed by atoms with van der Waals surface area (Å²) in [6, 6.07) is 5.91. The van der Waals surface area contributed by atoms with Gasteiger partial charge in [0.05, 0.1) is 11.4 Å². The zero-order valence-electron chi connectivity index (χ0n) is 10.4. The van der Waals surface area contributed by atoms with Crippen LogP contribution in [-0.4, -0.2) is 9.78 Å². The summed E-state index contributed by atoms with van der Waals surface area (Å²) in [6.07, 6.45) is 0. The fourth-order valence-electron chi connectivity index (χ4n) is 1.71. The largest absolute Gasteiger partial charge is 0.293 e. The van der Waals surface area contributed by atoms with Crippen molar-refractivity contribution >= 4 is 15.9 Å². The van der Waals surface area contributed by atoms with E-state index in [1.165, 1.54) is 16.8 Å². The van der Waals surface area contributed by atoms with Crippen LogP contribution in [0.2, 0.25) is 0 Å². The van der Waals surface area contributed by atoms with E-state index < -0.39 is 0 Å². The molecule has 0 saturated heterocycles. The van der Waals surface area contributed by atoms with Gasteiger partial charge < -0.3 is 0 Å². The molecule has 5 heteroatoms. The van der Waals surface area contributed by atoms with Crippen molar-refractivity contribution < 1.29 is 4.39 Å². The molecular formula is C13H14BrFN2O. The lowest BCUT2D eigenvalue weighted by Gasteiger charge is -2.16. The first-order valence-electron chi connectivity index (χ1n) is 5.57. The SMILES string of the molecule is CC(C)(C)c1[nH]n(-c2cccc(F)c2)c(=O)c1Br. The Hall–Kier alpha value is -1.36. The molecule has 0 radical (unpaired) electrons. The van der Waals surface area contributed by atoms with Crippen molar-refractivity contribution in [3.8, 4) is 5.69 Å². The molecule has 3 nitrogen and oxygen atoms in total. The molecule has 0 aliphatic heterocycles. The van der Waals surface area contributed by atoms with Crippen LogP contribution in [0.4, 0.5) is 4.39 Å². The minimum Gasteiger partial charge on any atom is -0.293 e. The topological polar surface area (TPSA) is 37.8 Å². The van der Waals surface area contributed by atoms with E-state index in [2.05, 4.69) is 21.0 Å². The molecule has 18 heavy (non-hydrogen) atoms. The summed E-state index contributed by atoms with van der Waals surface area (Å²) in [4.78, 5) is 12.1. The molecule has 0 unspecified atom stereocenters. The van der Waals surface area contributed by atoms with Gasteiger partial charge in [-0.05, 0) is 34.1 Å². The lowest BCUT2D eigenvalue weighted by atomic mass is 9.93. The molecule has 0 bridgehead atoms. The molecule has 0 atom stereocenters. The molecule has 2 rings (SSSR count). The minimum atomic E-state index is -0.373. The minimum absolute atomic E-state index is 0.198. The maximum Gasteiger partial charge on any atom is 0.285 e. The van der Waals surface area contributed by atoms with E-state index in [0.717, 1.165) is 5.69 Å². The maximum absolute atomic E-state index is 13.2. The second kappa shape index (κ2) is 4.39. The Morgan fingerprint density at radius 2 is 2.00 bits per heavy atom. The average molecular weight is 313 g/mol. The summed E-state index contributed by atoms with van der Waals surface area (Å²) in [5, 5.41) is 3.02. The molecular weight excluding hydrogens is 299 g/mol. The highest BCUT2D eigenvalue weighted by Crippen LogP contribution is 2.26. The number of rotatable bonds is 1. The lowest BCUT2D eigenvalue weighted by Crippen LogP contribution is -2.14. The third kappa shape index (κ3) is 2.27. The molecule has 1 N–H and O–H groups in total. The number of hydrogen-bond donors (Lipinski definition) is 1. The maximum atomic E-state index is 13.2. The molecule has 96 valence electrons. The van der Waals surface area contributed by atoms with Gasteiger partial charge in [0.2, 0.25) is 0 Å². The summed E-state index contributed by atoms with van der Waals surface area (Å²) in [7, 11) is 0. The van der Waals surface area contributed by atoms with Crippen molar-refractivity contribution in [2.24, 2.45) is 0 Å². The van der Waals surface area contributed by atoms with Gasteiger partial charge in [-0.1, -0.05) is 26.8 Å². The number of H-pyrrole nitrogens is 1. The van der Waals surface area contributed by atoms with Crippen LogP contribution in [0.25, 0.3) is 5.69 Å². The van der Waals surface area contributed by atoms with Crippen LogP contribution in [0.5, 0.6) is 0 Å². The highest BCUT2D eigenvalue weighted by Gasteiger charge is 2.23. The van der Waals surface area contributed by atoms with Crippen LogP contribution in [0.15, 0.2) is 33.5 Å². The Bertz CT molecular complexity index is 637. The molecule has 0 fully saturated rings. The van der Waals surface area contributed by atoms with E-state index in [4.69, 9.17) is 0 Å². The lowest BCUT2D eigenvalue weighted by molar-refractivity contribution is 0.557. The fourth-order valence-corrected chi connectivity index (χ4v) is 2.57. The van der Waals surface area contributed by atoms with Crippen molar-refractivity contribution in [3.63, 3.8) is 0 Å². The van der Waals surface area contributed by atoms with Gasteiger partial charge in [-0.15, -0.1) is 0 Å². The van der Waals surface area contributed by atoms with Gasteiger partial charge in [-0.2, -0.15) is 0 Å². The van der Waals surface area contributed by atoms with Crippen LogP contribution in [0.3, 0.4) is 0 Å². The van der Waals surface area contributed by atoms with Gasteiger partial charge in [0.15, 0.2) is 0 Å². The van der Waals surface area contributed by atoms with Gasteiger partial charge in [0.1, 0.15) is 10.3 Å². The van der Waals surface area contributed by atoms with Crippen molar-refractivity contribution in [1.82, 2.24) is 9.78 Å². The Kier molecular flexibility index (Phi) is 3.19. The van der Waals surface area contributed by atoms with Gasteiger partial charge in [-0.25, -0.2) is 9.07 Å². The number of halogens is 2. The zero-order chi connectivity index (χ0) is 13.5. The quantitative estimate of drug-likeness (QED) is 0.861. The molecule has 0 aliphatic rings. The van der Waals surface area contributed by atoms with E-state index >= 15 is 0 Å². The molecule has 1 aromatic heterocycles. The molecule has 0 saturated carbocycles. The summed E-state index contributed by atoms with van der Waals surface area (Å²) >= 11 is 3.29. The first-order valence-corrected chi connectivity index (χ1v) is 6.37. The van der Waals surface area contributed by atoms with Crippen LogP contribution < -0.4 is 5.56 Å². The van der Waals surface area contributed by atoms with Crippen molar-refractivity contribution in [3.05, 3.63) is 50.6 Å². The van der Waals surface area contributed by atoms with E-state index in [1.807, 2.05) is 20.8 Å². The molecule has 2 aromatic rings. The van der Waals surface area contributed by atoms with Crippen LogP contribution in [0, 0.1) is 5.82 Å². The predicted octanol–water partition coefficient (Wildman–Crippen LogP) is 3.36. The number of benzene rings is 1. The Balaban J connectivity index is 2.64. The number of aromatic nitrogens is 2. The van der Waals surface area contributed by atoms with E-state index in [0.29, 0.717) is 10.2 Å². The molecule has 1 heterocycles. The number of aromatic amines is 1. The van der Waals surface area contributed by atoms with E-state index in [1.54, 1.807) is 12.1 Å². The Morgan fingerprint density at radius 1 is 1.33 bits per heavy atom. The van der Waals surface area contributed by atoms with Gasteiger partial charge in [-0.3, -0.25) is 9.89 Å². The standard InChI is InChI=1S/C13H14BrFN2O/c1-13(2,3)11-10(14)12(18)17(16-11)9-6-4-5-8(15)7-9/h4-7,16H,1-3H3. The van der Waals surface area contributed by atoms with Crippen molar-refractivity contribution in [2.45, 2.75) is 26.2 Å². The van der Waals surface area contributed by atoms with E-state index in [-0.39, 0.29) is 16.8 Å². The number of hydrogen-bond acceptors (Lipinski definition) is 1. The van der Waals surface area contributed by atoms with Gasteiger partial charge in [0.25, 0.3) is 5.56 Å². The fraction of sp³-hybridized carbons (Fsp3) is 0.308. The molecule has 0 amide bonds. The predicted molar refractivity (Wildman–Crippen MR) is 72.7 cm³/mol.